The van der Waals surface area contributed by atoms with Gasteiger partial charge >= 0.3 is 5.97 Å². The minimum Gasteiger partial charge on any atom is -0.468 e. The maximum absolute atomic E-state index is 12.4. The molecule has 0 amide bonds. The Morgan fingerprint density at radius 1 is 1.25 bits per heavy atom. The van der Waals surface area contributed by atoms with E-state index >= 15 is 0 Å². The Bertz CT molecular complexity index is 494. The van der Waals surface area contributed by atoms with Gasteiger partial charge in [-0.15, -0.1) is 0 Å². The van der Waals surface area contributed by atoms with E-state index in [2.05, 4.69) is 6.92 Å². The molecule has 108 valence electrons. The summed E-state index contributed by atoms with van der Waals surface area (Å²) in [5.74, 6) is -0.0365. The number of hydrogen-bond donors (Lipinski definition) is 0. The van der Waals surface area contributed by atoms with Crippen LogP contribution >= 0.6 is 0 Å². The van der Waals surface area contributed by atoms with Crippen LogP contribution in [0.4, 0.5) is 0 Å². The number of hydrogen-bond acceptors (Lipinski definition) is 3. The monoisotopic (exact) mass is 274 g/mol. The molecule has 0 saturated heterocycles. The molecule has 0 aromatic heterocycles. The van der Waals surface area contributed by atoms with Gasteiger partial charge in [0, 0.05) is 5.92 Å². The molecule has 0 N–H and O–H groups in total. The largest absolute Gasteiger partial charge is 0.468 e. The van der Waals surface area contributed by atoms with Crippen LogP contribution in [-0.2, 0) is 14.3 Å². The summed E-state index contributed by atoms with van der Waals surface area (Å²) in [6.07, 6.45) is 2.31. The molecule has 20 heavy (non-hydrogen) atoms. The van der Waals surface area contributed by atoms with Gasteiger partial charge in [-0.25, -0.2) is 0 Å². The number of carbonyl (C=O) groups excluding carboxylic acids is 2. The van der Waals surface area contributed by atoms with Crippen molar-refractivity contribution in [2.75, 3.05) is 7.11 Å². The number of ether oxygens (including phenoxy) is 1. The molecule has 3 nitrogen and oxygen atoms in total. The number of ketones is 1. The number of carbonyl (C=O) groups is 2. The van der Waals surface area contributed by atoms with Crippen molar-refractivity contribution < 1.29 is 14.3 Å². The van der Waals surface area contributed by atoms with Crippen LogP contribution in [0.5, 0.6) is 0 Å². The van der Waals surface area contributed by atoms with Crippen molar-refractivity contribution in [2.45, 2.75) is 39.0 Å². The topological polar surface area (TPSA) is 43.4 Å². The predicted octanol–water partition coefficient (Wildman–Crippen LogP) is 3.34. The van der Waals surface area contributed by atoms with E-state index < -0.39 is 5.41 Å². The molecule has 3 atom stereocenters. The fourth-order valence-electron chi connectivity index (χ4n) is 3.47. The van der Waals surface area contributed by atoms with Crippen LogP contribution in [0.25, 0.3) is 0 Å². The summed E-state index contributed by atoms with van der Waals surface area (Å²) in [4.78, 5) is 24.7. The van der Waals surface area contributed by atoms with E-state index in [-0.39, 0.29) is 17.7 Å². The van der Waals surface area contributed by atoms with Gasteiger partial charge in [0.2, 0.25) is 0 Å². The Morgan fingerprint density at radius 3 is 2.45 bits per heavy atom. The molecule has 0 spiro atoms. The highest BCUT2D eigenvalue weighted by Crippen LogP contribution is 2.50. The third kappa shape index (κ3) is 2.37. The van der Waals surface area contributed by atoms with Crippen LogP contribution < -0.4 is 0 Å². The van der Waals surface area contributed by atoms with Gasteiger partial charge in [0.15, 0.2) is 0 Å². The molecule has 0 aliphatic heterocycles. The van der Waals surface area contributed by atoms with Crippen LogP contribution in [0.3, 0.4) is 0 Å². The van der Waals surface area contributed by atoms with E-state index in [0.29, 0.717) is 12.3 Å². The van der Waals surface area contributed by atoms with Gasteiger partial charge in [0.1, 0.15) is 11.2 Å². The Labute approximate surface area is 120 Å². The predicted molar refractivity (Wildman–Crippen MR) is 77.3 cm³/mol. The van der Waals surface area contributed by atoms with Crippen molar-refractivity contribution in [3.63, 3.8) is 0 Å². The second kappa shape index (κ2) is 5.78. The summed E-state index contributed by atoms with van der Waals surface area (Å²) in [5.41, 5.74) is 0.0439. The van der Waals surface area contributed by atoms with Crippen LogP contribution in [0.2, 0.25) is 0 Å². The van der Waals surface area contributed by atoms with Crippen molar-refractivity contribution in [3.8, 4) is 0 Å². The second-order valence-corrected chi connectivity index (χ2v) is 5.86. The molecule has 1 aromatic carbocycles. The SMILES string of the molecule is COC(=O)[C@]1(C(C)=O)CC[C@H](C)C[C@@H]1c1ccccc1. The first kappa shape index (κ1) is 14.8. The summed E-state index contributed by atoms with van der Waals surface area (Å²) < 4.78 is 4.98. The highest BCUT2D eigenvalue weighted by molar-refractivity contribution is 6.04. The smallest absolute Gasteiger partial charge is 0.319 e. The third-order valence-electron chi connectivity index (χ3n) is 4.64. The highest BCUT2D eigenvalue weighted by atomic mass is 16.5. The molecule has 1 aliphatic rings. The van der Waals surface area contributed by atoms with E-state index in [0.717, 1.165) is 18.4 Å². The van der Waals surface area contributed by atoms with E-state index in [9.17, 15) is 9.59 Å². The molecule has 2 rings (SSSR count). The fourth-order valence-corrected chi connectivity index (χ4v) is 3.47. The van der Waals surface area contributed by atoms with Gasteiger partial charge in [-0.2, -0.15) is 0 Å². The number of methoxy groups -OCH3 is 1. The molecule has 1 aliphatic carbocycles. The van der Waals surface area contributed by atoms with E-state index in [1.807, 2.05) is 30.3 Å². The third-order valence-corrected chi connectivity index (χ3v) is 4.64. The maximum atomic E-state index is 12.4. The van der Waals surface area contributed by atoms with Crippen molar-refractivity contribution >= 4 is 11.8 Å². The highest BCUT2D eigenvalue weighted by Gasteiger charge is 2.53. The Morgan fingerprint density at radius 2 is 1.90 bits per heavy atom. The van der Waals surface area contributed by atoms with Gasteiger partial charge < -0.3 is 4.74 Å². The quantitative estimate of drug-likeness (QED) is 0.627. The Hall–Kier alpha value is -1.64. The number of benzene rings is 1. The lowest BCUT2D eigenvalue weighted by Gasteiger charge is -2.42. The zero-order valence-electron chi connectivity index (χ0n) is 12.4. The van der Waals surface area contributed by atoms with Crippen LogP contribution in [0.15, 0.2) is 30.3 Å². The molecule has 1 saturated carbocycles. The first-order chi connectivity index (χ1) is 9.52. The zero-order chi connectivity index (χ0) is 14.8. The van der Waals surface area contributed by atoms with Crippen molar-refractivity contribution in [1.82, 2.24) is 0 Å². The molecule has 0 heterocycles. The average Bonchev–Trinajstić information content (AvgIpc) is 2.47. The maximum Gasteiger partial charge on any atom is 0.319 e. The van der Waals surface area contributed by atoms with Crippen LogP contribution in [-0.4, -0.2) is 18.9 Å². The van der Waals surface area contributed by atoms with Crippen molar-refractivity contribution in [2.24, 2.45) is 11.3 Å². The summed E-state index contributed by atoms with van der Waals surface area (Å²) >= 11 is 0. The summed E-state index contributed by atoms with van der Waals surface area (Å²) in [5, 5.41) is 0. The van der Waals surface area contributed by atoms with Crippen molar-refractivity contribution in [3.05, 3.63) is 35.9 Å². The standard InChI is InChI=1S/C17H22O3/c1-12-9-10-17(13(2)18,16(19)20-3)15(11-12)14-7-5-4-6-8-14/h4-8,12,15H,9-11H2,1-3H3/t12-,15+,17-/m0/s1. The normalized spacial score (nSPS) is 29.8. The van der Waals surface area contributed by atoms with Gasteiger partial charge in [-0.1, -0.05) is 37.3 Å². The minimum atomic E-state index is -1.01. The van der Waals surface area contributed by atoms with Gasteiger partial charge in [-0.05, 0) is 37.7 Å². The van der Waals surface area contributed by atoms with Gasteiger partial charge in [0.05, 0.1) is 7.11 Å². The van der Waals surface area contributed by atoms with Crippen LogP contribution in [0.1, 0.15) is 44.6 Å². The first-order valence-electron chi connectivity index (χ1n) is 7.16. The molecule has 3 heteroatoms. The van der Waals surface area contributed by atoms with Crippen LogP contribution in [0, 0.1) is 11.3 Å². The number of Topliss-reactive ketones (excluding diaryl/α,β-unsaturated/α-hetero) is 1. The molecular weight excluding hydrogens is 252 g/mol. The van der Waals surface area contributed by atoms with E-state index in [1.165, 1.54) is 14.0 Å². The summed E-state index contributed by atoms with van der Waals surface area (Å²) in [6, 6.07) is 9.86. The van der Waals surface area contributed by atoms with Gasteiger partial charge in [-0.3, -0.25) is 9.59 Å². The molecular formula is C17H22O3. The Kier molecular flexibility index (Phi) is 4.26. The molecule has 0 unspecified atom stereocenters. The molecule has 1 fully saturated rings. The van der Waals surface area contributed by atoms with Crippen molar-refractivity contribution in [1.29, 1.82) is 0 Å². The Balaban J connectivity index is 2.51. The molecule has 0 bridgehead atoms. The lowest BCUT2D eigenvalue weighted by Crippen LogP contribution is -2.47. The average molecular weight is 274 g/mol. The van der Waals surface area contributed by atoms with E-state index in [1.54, 1.807) is 0 Å². The second-order valence-electron chi connectivity index (χ2n) is 5.86. The summed E-state index contributed by atoms with van der Waals surface area (Å²) in [6.45, 7) is 3.69. The number of rotatable bonds is 3. The zero-order valence-corrected chi connectivity index (χ0v) is 12.4. The molecule has 1 aromatic rings. The summed E-state index contributed by atoms with van der Waals surface area (Å²) in [7, 11) is 1.37. The van der Waals surface area contributed by atoms with Gasteiger partial charge in [0.25, 0.3) is 0 Å². The lowest BCUT2D eigenvalue weighted by molar-refractivity contribution is -0.162. The number of esters is 1. The minimum absolute atomic E-state index is 0.0786. The fraction of sp³-hybridized carbons (Fsp3) is 0.529. The first-order valence-corrected chi connectivity index (χ1v) is 7.16. The lowest BCUT2D eigenvalue weighted by atomic mass is 9.59. The van der Waals surface area contributed by atoms with E-state index in [4.69, 9.17) is 4.74 Å². The molecule has 0 radical (unpaired) electrons.